The molecule has 1 atom stereocenters. The van der Waals surface area contributed by atoms with Gasteiger partial charge >= 0.3 is 0 Å². The maximum absolute atomic E-state index is 11.8. The number of carbonyl (C=O) groups is 1. The van der Waals surface area contributed by atoms with Crippen LogP contribution in [0.1, 0.15) is 45.2 Å². The first kappa shape index (κ1) is 17.9. The van der Waals surface area contributed by atoms with E-state index in [1.807, 2.05) is 6.08 Å². The summed E-state index contributed by atoms with van der Waals surface area (Å²) in [5, 5.41) is 1.08. The molecule has 0 fully saturated rings. The molecule has 1 aromatic rings. The number of hydrogen-bond acceptors (Lipinski definition) is 4. The van der Waals surface area contributed by atoms with Crippen LogP contribution in [0.25, 0.3) is 0 Å². The molecule has 0 aromatic heterocycles. The Morgan fingerprint density at radius 2 is 1.88 bits per heavy atom. The highest BCUT2D eigenvalue weighted by atomic mass is 32.2. The molecular weight excluding hydrogens is 328 g/mol. The van der Waals surface area contributed by atoms with Gasteiger partial charge in [0.2, 0.25) is 0 Å². The van der Waals surface area contributed by atoms with Gasteiger partial charge in [0.1, 0.15) is 0 Å². The van der Waals surface area contributed by atoms with E-state index in [-0.39, 0.29) is 17.1 Å². The maximum atomic E-state index is 11.8. The summed E-state index contributed by atoms with van der Waals surface area (Å²) >= 11 is 1.75. The molecule has 0 spiro atoms. The van der Waals surface area contributed by atoms with E-state index >= 15 is 0 Å². The number of carbonyl (C=O) groups excluding carboxylic acids is 1. The fourth-order valence-electron chi connectivity index (χ4n) is 2.90. The predicted octanol–water partition coefficient (Wildman–Crippen LogP) is 4.93. The van der Waals surface area contributed by atoms with Crippen LogP contribution in [0.4, 0.5) is 0 Å². The minimum absolute atomic E-state index is 0.00373. The second-order valence-electron chi connectivity index (χ2n) is 7.34. The molecule has 3 nitrogen and oxygen atoms in total. The van der Waals surface area contributed by atoms with Crippen molar-refractivity contribution in [2.75, 3.05) is 5.75 Å². The lowest BCUT2D eigenvalue weighted by Gasteiger charge is -2.19. The Morgan fingerprint density at radius 3 is 2.52 bits per heavy atom. The second-order valence-corrected chi connectivity index (χ2v) is 8.68. The molecule has 1 aliphatic carbocycles. The topological polar surface area (TPSA) is 41.8 Å². The third-order valence-electron chi connectivity index (χ3n) is 4.34. The molecule has 0 saturated heterocycles. The summed E-state index contributed by atoms with van der Waals surface area (Å²) in [6.45, 7) is 8.74. The van der Waals surface area contributed by atoms with E-state index in [1.54, 1.807) is 23.9 Å². The zero-order valence-electron chi connectivity index (χ0n) is 15.2. The van der Waals surface area contributed by atoms with Gasteiger partial charge in [0.15, 0.2) is 11.6 Å². The van der Waals surface area contributed by atoms with E-state index in [4.69, 9.17) is 9.98 Å². The molecule has 2 aliphatic rings. The quantitative estimate of drug-likeness (QED) is 0.758. The van der Waals surface area contributed by atoms with Crippen molar-refractivity contribution in [3.8, 4) is 0 Å². The van der Waals surface area contributed by atoms with Gasteiger partial charge in [-0.25, -0.2) is 9.98 Å². The van der Waals surface area contributed by atoms with Gasteiger partial charge in [-0.3, -0.25) is 4.79 Å². The first-order chi connectivity index (χ1) is 11.9. The molecule has 1 aliphatic heterocycles. The first-order valence-electron chi connectivity index (χ1n) is 8.70. The van der Waals surface area contributed by atoms with Crippen LogP contribution in [0, 0.1) is 5.92 Å². The molecule has 1 heterocycles. The van der Waals surface area contributed by atoms with E-state index < -0.39 is 0 Å². The van der Waals surface area contributed by atoms with E-state index in [0.717, 1.165) is 28.5 Å². The third kappa shape index (κ3) is 4.18. The Labute approximate surface area is 154 Å². The summed E-state index contributed by atoms with van der Waals surface area (Å²) < 4.78 is 0. The zero-order chi connectivity index (χ0) is 18.0. The highest BCUT2D eigenvalue weighted by Gasteiger charge is 2.23. The zero-order valence-corrected chi connectivity index (χ0v) is 16.1. The van der Waals surface area contributed by atoms with Gasteiger partial charge in [-0.1, -0.05) is 58.0 Å². The molecule has 1 unspecified atom stereocenters. The lowest BCUT2D eigenvalue weighted by Crippen LogP contribution is -2.11. The van der Waals surface area contributed by atoms with Gasteiger partial charge < -0.3 is 0 Å². The van der Waals surface area contributed by atoms with Crippen molar-refractivity contribution in [2.45, 2.75) is 39.5 Å². The molecule has 0 N–H and O–H groups in total. The Hall–Kier alpha value is -1.94. The summed E-state index contributed by atoms with van der Waals surface area (Å²) in [7, 11) is 0. The summed E-state index contributed by atoms with van der Waals surface area (Å²) in [5.41, 5.74) is 3.21. The second kappa shape index (κ2) is 7.12. The molecule has 130 valence electrons. The highest BCUT2D eigenvalue weighted by molar-refractivity contribution is 8.13. The number of nitrogens with zero attached hydrogens (tertiary/aromatic N) is 2. The van der Waals surface area contributed by atoms with Crippen LogP contribution in [0.15, 0.2) is 58.2 Å². The van der Waals surface area contributed by atoms with Crippen molar-refractivity contribution >= 4 is 28.4 Å². The van der Waals surface area contributed by atoms with E-state index in [9.17, 15) is 4.79 Å². The number of aliphatic imine (C=N–C) groups is 2. The third-order valence-corrected chi connectivity index (χ3v) is 5.22. The molecule has 3 rings (SSSR count). The van der Waals surface area contributed by atoms with E-state index in [0.29, 0.717) is 5.84 Å². The van der Waals surface area contributed by atoms with Crippen LogP contribution in [0.2, 0.25) is 0 Å². The van der Waals surface area contributed by atoms with Crippen LogP contribution in [0.3, 0.4) is 0 Å². The molecular formula is C21H24N2OS. The molecule has 0 radical (unpaired) electrons. The minimum atomic E-state index is 0.00373. The first-order valence-corrected chi connectivity index (χ1v) is 9.69. The van der Waals surface area contributed by atoms with Crippen molar-refractivity contribution < 1.29 is 4.79 Å². The smallest absolute Gasteiger partial charge is 0.180 e. The molecule has 25 heavy (non-hydrogen) atoms. The summed E-state index contributed by atoms with van der Waals surface area (Å²) in [4.78, 5) is 21.3. The summed E-state index contributed by atoms with van der Waals surface area (Å²) in [6, 6.07) is 8.45. The van der Waals surface area contributed by atoms with Crippen LogP contribution in [-0.2, 0) is 10.2 Å². The Morgan fingerprint density at radius 1 is 1.16 bits per heavy atom. The number of rotatable bonds is 2. The number of hydrogen-bond donors (Lipinski definition) is 0. The van der Waals surface area contributed by atoms with Crippen LogP contribution in [-0.4, -0.2) is 22.4 Å². The highest BCUT2D eigenvalue weighted by Crippen LogP contribution is 2.30. The summed E-state index contributed by atoms with van der Waals surface area (Å²) in [5.74, 6) is 1.82. The number of benzene rings is 1. The standard InChI is InChI=1S/C21H24N2OS/c1-5-25-19-12-15-8-11-17(24)13-18(15)22-20(23-19)14-6-9-16(10-7-14)21(2,3)4/h6-11,13,15H,5,12H2,1-4H3. The molecule has 0 saturated carbocycles. The molecule has 0 bridgehead atoms. The van der Waals surface area contributed by atoms with Crippen molar-refractivity contribution in [3.05, 3.63) is 59.3 Å². The van der Waals surface area contributed by atoms with Gasteiger partial charge in [0.25, 0.3) is 0 Å². The number of allylic oxidation sites excluding steroid dienone is 3. The maximum Gasteiger partial charge on any atom is 0.180 e. The van der Waals surface area contributed by atoms with E-state index in [2.05, 4.69) is 52.0 Å². The normalized spacial score (nSPS) is 20.4. The van der Waals surface area contributed by atoms with Crippen molar-refractivity contribution in [1.29, 1.82) is 0 Å². The average Bonchev–Trinajstić information content (AvgIpc) is 2.73. The van der Waals surface area contributed by atoms with Gasteiger partial charge in [0, 0.05) is 24.0 Å². The van der Waals surface area contributed by atoms with Crippen LogP contribution < -0.4 is 0 Å². The van der Waals surface area contributed by atoms with Gasteiger partial charge in [-0.05, 0) is 22.8 Å². The monoisotopic (exact) mass is 352 g/mol. The van der Waals surface area contributed by atoms with Crippen molar-refractivity contribution in [2.24, 2.45) is 15.9 Å². The molecule has 4 heteroatoms. The lowest BCUT2D eigenvalue weighted by molar-refractivity contribution is -0.110. The Bertz CT molecular complexity index is 792. The fraction of sp³-hybridized carbons (Fsp3) is 0.381. The van der Waals surface area contributed by atoms with Gasteiger partial charge in [-0.2, -0.15) is 0 Å². The minimum Gasteiger partial charge on any atom is -0.290 e. The fourth-order valence-corrected chi connectivity index (χ4v) is 3.69. The molecule has 1 aromatic carbocycles. The number of ketones is 1. The number of amidine groups is 1. The number of fused-ring (bicyclic) bond motifs is 1. The predicted molar refractivity (Wildman–Crippen MR) is 108 cm³/mol. The Kier molecular flexibility index (Phi) is 5.09. The summed E-state index contributed by atoms with van der Waals surface area (Å²) in [6.07, 6.45) is 6.05. The largest absolute Gasteiger partial charge is 0.290 e. The Balaban J connectivity index is 2.01. The van der Waals surface area contributed by atoms with Crippen LogP contribution >= 0.6 is 11.8 Å². The van der Waals surface area contributed by atoms with Crippen molar-refractivity contribution in [3.63, 3.8) is 0 Å². The lowest BCUT2D eigenvalue weighted by atomic mass is 9.86. The van der Waals surface area contributed by atoms with E-state index in [1.165, 1.54) is 5.56 Å². The molecule has 0 amide bonds. The average molecular weight is 353 g/mol. The van der Waals surface area contributed by atoms with Crippen LogP contribution in [0.5, 0.6) is 0 Å². The van der Waals surface area contributed by atoms with Gasteiger partial charge in [0.05, 0.1) is 10.7 Å². The SMILES string of the molecule is CCSC1=NC(c2ccc(C(C)(C)C)cc2)=NC2=CC(=O)C=CC2C1. The van der Waals surface area contributed by atoms with Gasteiger partial charge in [-0.15, -0.1) is 11.8 Å². The van der Waals surface area contributed by atoms with Crippen molar-refractivity contribution in [1.82, 2.24) is 0 Å². The number of thioether (sulfide) groups is 1.